The fraction of sp³-hybridized carbons (Fsp3) is 1.00. The third-order valence-corrected chi connectivity index (χ3v) is 2.25. The molecule has 1 heteroatoms. The van der Waals surface area contributed by atoms with Crippen LogP contribution in [0.25, 0.3) is 0 Å². The minimum absolute atomic E-state index is 0.0603. The van der Waals surface area contributed by atoms with E-state index in [2.05, 4.69) is 20.8 Å². The summed E-state index contributed by atoms with van der Waals surface area (Å²) < 4.78 is 0. The highest BCUT2D eigenvalue weighted by molar-refractivity contribution is 4.63. The summed E-state index contributed by atoms with van der Waals surface area (Å²) in [5.41, 5.74) is 0. The van der Waals surface area contributed by atoms with Crippen LogP contribution >= 0.6 is 0 Å². The van der Waals surface area contributed by atoms with Gasteiger partial charge in [0.25, 0.3) is 0 Å². The summed E-state index contributed by atoms with van der Waals surface area (Å²) in [5.74, 6) is 0.492. The predicted octanol–water partition coefficient (Wildman–Crippen LogP) is 2.97. The number of aliphatic hydroxyl groups excluding tert-OH is 1. The Hall–Kier alpha value is -0.0400. The number of aliphatic hydroxyl groups is 1. The lowest BCUT2D eigenvalue weighted by Crippen LogP contribution is -2.16. The second kappa shape index (κ2) is 6.66. The van der Waals surface area contributed by atoms with E-state index in [0.717, 1.165) is 19.3 Å². The molecule has 2 atom stereocenters. The molecular weight excluding hydrogens is 136 g/mol. The van der Waals surface area contributed by atoms with Crippen molar-refractivity contribution in [3.05, 3.63) is 0 Å². The van der Waals surface area contributed by atoms with Gasteiger partial charge in [-0.1, -0.05) is 40.0 Å². The van der Waals surface area contributed by atoms with E-state index >= 15 is 0 Å². The van der Waals surface area contributed by atoms with Gasteiger partial charge in [0, 0.05) is 0 Å². The topological polar surface area (TPSA) is 20.2 Å². The minimum atomic E-state index is -0.0603. The monoisotopic (exact) mass is 158 g/mol. The Balaban J connectivity index is 3.38. The maximum atomic E-state index is 9.58. The fourth-order valence-corrected chi connectivity index (χ4v) is 1.35. The molecule has 0 aromatic heterocycles. The van der Waals surface area contributed by atoms with Crippen LogP contribution in [-0.4, -0.2) is 11.2 Å². The lowest BCUT2D eigenvalue weighted by atomic mass is 9.95. The first-order chi connectivity index (χ1) is 5.22. The van der Waals surface area contributed by atoms with Crippen LogP contribution in [0.5, 0.6) is 0 Å². The van der Waals surface area contributed by atoms with Crippen LogP contribution in [0.1, 0.15) is 52.9 Å². The van der Waals surface area contributed by atoms with Gasteiger partial charge in [0.15, 0.2) is 0 Å². The normalized spacial score (nSPS) is 16.4. The molecule has 0 rings (SSSR count). The number of hydrogen-bond donors (Lipinski definition) is 1. The van der Waals surface area contributed by atoms with E-state index in [1.54, 1.807) is 0 Å². The van der Waals surface area contributed by atoms with Crippen LogP contribution in [0.2, 0.25) is 0 Å². The Bertz CT molecular complexity index is 80.9. The van der Waals surface area contributed by atoms with Crippen molar-refractivity contribution in [3.63, 3.8) is 0 Å². The van der Waals surface area contributed by atoms with Crippen LogP contribution in [-0.2, 0) is 0 Å². The molecule has 0 amide bonds. The van der Waals surface area contributed by atoms with Crippen molar-refractivity contribution in [3.8, 4) is 0 Å². The van der Waals surface area contributed by atoms with E-state index < -0.39 is 0 Å². The molecule has 0 aliphatic rings. The summed E-state index contributed by atoms with van der Waals surface area (Å²) in [7, 11) is 0. The minimum Gasteiger partial charge on any atom is -0.393 e. The third-order valence-electron chi connectivity index (χ3n) is 2.25. The number of rotatable bonds is 6. The number of hydrogen-bond acceptors (Lipinski definition) is 1. The van der Waals surface area contributed by atoms with Gasteiger partial charge in [0.1, 0.15) is 0 Å². The van der Waals surface area contributed by atoms with E-state index in [-0.39, 0.29) is 6.10 Å². The Morgan fingerprint density at radius 1 is 1.09 bits per heavy atom. The molecule has 0 unspecified atom stereocenters. The third kappa shape index (κ3) is 5.25. The van der Waals surface area contributed by atoms with Crippen molar-refractivity contribution >= 4 is 0 Å². The van der Waals surface area contributed by atoms with Gasteiger partial charge in [-0.3, -0.25) is 0 Å². The molecule has 1 N–H and O–H groups in total. The van der Waals surface area contributed by atoms with Crippen LogP contribution in [0.4, 0.5) is 0 Å². The first-order valence-corrected chi connectivity index (χ1v) is 4.90. The molecule has 1 nitrogen and oxygen atoms in total. The van der Waals surface area contributed by atoms with E-state index in [9.17, 15) is 5.11 Å². The second-order valence-corrected chi connectivity index (χ2v) is 3.48. The molecule has 0 aromatic carbocycles. The largest absolute Gasteiger partial charge is 0.393 e. The van der Waals surface area contributed by atoms with Gasteiger partial charge in [-0.2, -0.15) is 0 Å². The molecule has 0 radical (unpaired) electrons. The summed E-state index contributed by atoms with van der Waals surface area (Å²) in [5, 5.41) is 9.58. The van der Waals surface area contributed by atoms with Crippen LogP contribution in [0, 0.1) is 5.92 Å². The van der Waals surface area contributed by atoms with Crippen molar-refractivity contribution < 1.29 is 5.11 Å². The molecule has 0 aliphatic heterocycles. The van der Waals surface area contributed by atoms with Gasteiger partial charge < -0.3 is 5.11 Å². The maximum Gasteiger partial charge on any atom is 0.0565 e. The van der Waals surface area contributed by atoms with Crippen molar-refractivity contribution in [1.29, 1.82) is 0 Å². The van der Waals surface area contributed by atoms with Gasteiger partial charge in [0.05, 0.1) is 6.10 Å². The van der Waals surface area contributed by atoms with Crippen LogP contribution in [0.3, 0.4) is 0 Å². The van der Waals surface area contributed by atoms with E-state index in [1.165, 1.54) is 12.8 Å². The highest BCUT2D eigenvalue weighted by Crippen LogP contribution is 2.15. The Kier molecular flexibility index (Phi) is 6.63. The molecule has 0 fully saturated rings. The first kappa shape index (κ1) is 11.0. The highest BCUT2D eigenvalue weighted by atomic mass is 16.3. The quantitative estimate of drug-likeness (QED) is 0.630. The fourth-order valence-electron chi connectivity index (χ4n) is 1.35. The van der Waals surface area contributed by atoms with E-state index in [0.29, 0.717) is 5.92 Å². The second-order valence-electron chi connectivity index (χ2n) is 3.48. The van der Waals surface area contributed by atoms with E-state index in [4.69, 9.17) is 0 Å². The Morgan fingerprint density at radius 2 is 1.73 bits per heavy atom. The van der Waals surface area contributed by atoms with Crippen molar-refractivity contribution in [2.24, 2.45) is 5.92 Å². The van der Waals surface area contributed by atoms with Gasteiger partial charge in [0.2, 0.25) is 0 Å². The summed E-state index contributed by atoms with van der Waals surface area (Å²) >= 11 is 0. The molecule has 0 aliphatic carbocycles. The zero-order valence-electron chi connectivity index (χ0n) is 8.14. The number of unbranched alkanes of at least 4 members (excludes halogenated alkanes) is 1. The van der Waals surface area contributed by atoms with Crippen molar-refractivity contribution in [1.82, 2.24) is 0 Å². The zero-order chi connectivity index (χ0) is 8.69. The van der Waals surface area contributed by atoms with Gasteiger partial charge in [-0.05, 0) is 18.8 Å². The Morgan fingerprint density at radius 3 is 2.18 bits per heavy atom. The lowest BCUT2D eigenvalue weighted by molar-refractivity contribution is 0.100. The molecule has 0 aromatic rings. The molecule has 0 saturated heterocycles. The Labute approximate surface area is 70.8 Å². The average molecular weight is 158 g/mol. The first-order valence-electron chi connectivity index (χ1n) is 4.90. The van der Waals surface area contributed by atoms with Gasteiger partial charge >= 0.3 is 0 Å². The molecule has 11 heavy (non-hydrogen) atoms. The van der Waals surface area contributed by atoms with Gasteiger partial charge in [-0.15, -0.1) is 0 Å². The standard InChI is InChI=1S/C10H22O/c1-4-6-8-10(11)9(3)7-5-2/h9-11H,4-8H2,1-3H3/t9-,10-/m1/s1. The average Bonchev–Trinajstić information content (AvgIpc) is 2.00. The summed E-state index contributed by atoms with van der Waals surface area (Å²) in [6, 6.07) is 0. The molecule has 0 saturated carbocycles. The smallest absolute Gasteiger partial charge is 0.0565 e. The van der Waals surface area contributed by atoms with E-state index in [1.807, 2.05) is 0 Å². The molecule has 0 spiro atoms. The summed E-state index contributed by atoms with van der Waals surface area (Å²) in [4.78, 5) is 0. The maximum absolute atomic E-state index is 9.58. The van der Waals surface area contributed by atoms with Crippen molar-refractivity contribution in [2.75, 3.05) is 0 Å². The van der Waals surface area contributed by atoms with Crippen molar-refractivity contribution in [2.45, 2.75) is 59.0 Å². The van der Waals surface area contributed by atoms with Crippen LogP contribution in [0.15, 0.2) is 0 Å². The zero-order valence-corrected chi connectivity index (χ0v) is 8.14. The SMILES string of the molecule is CCCC[C@@H](O)[C@H](C)CCC. The highest BCUT2D eigenvalue weighted by Gasteiger charge is 2.11. The lowest BCUT2D eigenvalue weighted by Gasteiger charge is -2.17. The molecular formula is C10H22O. The summed E-state index contributed by atoms with van der Waals surface area (Å²) in [6.07, 6.45) is 5.62. The predicted molar refractivity (Wildman–Crippen MR) is 49.6 cm³/mol. The van der Waals surface area contributed by atoms with Gasteiger partial charge in [-0.25, -0.2) is 0 Å². The molecule has 0 bridgehead atoms. The molecule has 68 valence electrons. The van der Waals surface area contributed by atoms with Crippen LogP contribution < -0.4 is 0 Å². The summed E-state index contributed by atoms with van der Waals surface area (Å²) in [6.45, 7) is 6.48. The molecule has 0 heterocycles.